The molecule has 1 aliphatic rings. The summed E-state index contributed by atoms with van der Waals surface area (Å²) in [4.78, 5) is 14.6. The molecule has 0 saturated heterocycles. The molecule has 1 fully saturated rings. The zero-order valence-electron chi connectivity index (χ0n) is 19.6. The average molecular weight is 471 g/mol. The first kappa shape index (κ1) is 22.7. The Kier molecular flexibility index (Phi) is 6.95. The molecule has 5 nitrogen and oxygen atoms in total. The van der Waals surface area contributed by atoms with E-state index in [9.17, 15) is 4.79 Å². The molecular formula is C28H30N4OS. The van der Waals surface area contributed by atoms with Gasteiger partial charge in [0.15, 0.2) is 5.16 Å². The summed E-state index contributed by atoms with van der Waals surface area (Å²) in [6.07, 6.45) is 6.79. The molecule has 4 aromatic rings. The lowest BCUT2D eigenvalue weighted by Crippen LogP contribution is -2.28. The van der Waals surface area contributed by atoms with Gasteiger partial charge in [-0.2, -0.15) is 0 Å². The van der Waals surface area contributed by atoms with Crippen molar-refractivity contribution in [2.75, 3.05) is 17.7 Å². The molecule has 0 unspecified atom stereocenters. The summed E-state index contributed by atoms with van der Waals surface area (Å²) < 4.78 is 2.33. The van der Waals surface area contributed by atoms with E-state index < -0.39 is 0 Å². The largest absolute Gasteiger partial charge is 0.315 e. The second-order valence-electron chi connectivity index (χ2n) is 8.95. The third-order valence-corrected chi connectivity index (χ3v) is 7.67. The molecule has 0 spiro atoms. The predicted octanol–water partition coefficient (Wildman–Crippen LogP) is 6.28. The van der Waals surface area contributed by atoms with Crippen LogP contribution in [-0.4, -0.2) is 33.5 Å². The van der Waals surface area contributed by atoms with Crippen molar-refractivity contribution in [3.8, 4) is 0 Å². The van der Waals surface area contributed by atoms with Gasteiger partial charge in [0.05, 0.1) is 5.75 Å². The number of benzene rings is 3. The van der Waals surface area contributed by atoms with E-state index >= 15 is 0 Å². The Morgan fingerprint density at radius 2 is 1.68 bits per heavy atom. The third-order valence-electron chi connectivity index (χ3n) is 6.75. The van der Waals surface area contributed by atoms with E-state index in [2.05, 4.69) is 57.2 Å². The van der Waals surface area contributed by atoms with Gasteiger partial charge in [0.25, 0.3) is 0 Å². The van der Waals surface area contributed by atoms with Crippen molar-refractivity contribution in [1.82, 2.24) is 14.8 Å². The molecule has 0 N–H and O–H groups in total. The zero-order valence-corrected chi connectivity index (χ0v) is 20.4. The standard InChI is InChI=1S/C28H30N4OS/c1-31(23-14-4-2-5-15-23)27(33)20-34-28-30-29-26(32(28)24-16-6-3-7-17-24)19-22-13-10-12-21-11-8-9-18-25(21)22/h2,4-5,8-15,18,24H,3,6-7,16-17,19-20H2,1H3. The highest BCUT2D eigenvalue weighted by atomic mass is 32.2. The number of amides is 1. The van der Waals surface area contributed by atoms with Gasteiger partial charge in [0, 0.05) is 25.2 Å². The van der Waals surface area contributed by atoms with E-state index in [0.717, 1.165) is 35.9 Å². The molecule has 3 aromatic carbocycles. The Labute approximate surface area is 205 Å². The number of hydrogen-bond acceptors (Lipinski definition) is 4. The number of anilines is 1. The first-order chi connectivity index (χ1) is 16.7. The number of carbonyl (C=O) groups excluding carboxylic acids is 1. The van der Waals surface area contributed by atoms with Crippen LogP contribution in [0.5, 0.6) is 0 Å². The molecule has 34 heavy (non-hydrogen) atoms. The Hall–Kier alpha value is -3.12. The minimum absolute atomic E-state index is 0.0602. The fourth-order valence-corrected chi connectivity index (χ4v) is 5.81. The lowest BCUT2D eigenvalue weighted by atomic mass is 9.95. The average Bonchev–Trinajstić information content (AvgIpc) is 3.30. The van der Waals surface area contributed by atoms with Crippen LogP contribution in [0.4, 0.5) is 5.69 Å². The number of aromatic nitrogens is 3. The highest BCUT2D eigenvalue weighted by Crippen LogP contribution is 2.34. The molecule has 1 heterocycles. The van der Waals surface area contributed by atoms with Gasteiger partial charge in [-0.05, 0) is 41.3 Å². The summed E-state index contributed by atoms with van der Waals surface area (Å²) in [5.74, 6) is 1.39. The van der Waals surface area contributed by atoms with E-state index in [1.165, 1.54) is 47.4 Å². The Balaban J connectivity index is 1.40. The molecule has 0 radical (unpaired) electrons. The fourth-order valence-electron chi connectivity index (χ4n) is 4.87. The van der Waals surface area contributed by atoms with Crippen LogP contribution in [0.25, 0.3) is 10.8 Å². The fraction of sp³-hybridized carbons (Fsp3) is 0.321. The van der Waals surface area contributed by atoms with Gasteiger partial charge in [-0.25, -0.2) is 0 Å². The summed E-state index contributed by atoms with van der Waals surface area (Å²) in [6.45, 7) is 0. The maximum atomic E-state index is 12.9. The Morgan fingerprint density at radius 3 is 2.50 bits per heavy atom. The lowest BCUT2D eigenvalue weighted by Gasteiger charge is -2.26. The molecule has 5 rings (SSSR count). The third kappa shape index (κ3) is 4.87. The van der Waals surface area contributed by atoms with Gasteiger partial charge < -0.3 is 9.47 Å². The van der Waals surface area contributed by atoms with Crippen molar-refractivity contribution >= 4 is 34.1 Å². The maximum Gasteiger partial charge on any atom is 0.237 e. The highest BCUT2D eigenvalue weighted by molar-refractivity contribution is 7.99. The number of carbonyl (C=O) groups is 1. The van der Waals surface area contributed by atoms with Crippen LogP contribution < -0.4 is 4.90 Å². The van der Waals surface area contributed by atoms with Gasteiger partial charge in [0.1, 0.15) is 5.82 Å². The normalized spacial score (nSPS) is 14.4. The van der Waals surface area contributed by atoms with E-state index in [-0.39, 0.29) is 5.91 Å². The van der Waals surface area contributed by atoms with E-state index in [1.54, 1.807) is 4.90 Å². The second kappa shape index (κ2) is 10.4. The summed E-state index contributed by atoms with van der Waals surface area (Å²) in [6, 6.07) is 25.1. The minimum Gasteiger partial charge on any atom is -0.315 e. The molecule has 6 heteroatoms. The van der Waals surface area contributed by atoms with E-state index in [4.69, 9.17) is 0 Å². The Morgan fingerprint density at radius 1 is 0.941 bits per heavy atom. The topological polar surface area (TPSA) is 51.0 Å². The molecule has 174 valence electrons. The quantitative estimate of drug-likeness (QED) is 0.298. The molecule has 1 aromatic heterocycles. The molecule has 0 bridgehead atoms. The molecule has 0 atom stereocenters. The number of para-hydroxylation sites is 1. The van der Waals surface area contributed by atoms with Gasteiger partial charge in [0.2, 0.25) is 5.91 Å². The van der Waals surface area contributed by atoms with Crippen LogP contribution in [0.1, 0.15) is 49.5 Å². The summed E-state index contributed by atoms with van der Waals surface area (Å²) in [5, 5.41) is 12.6. The number of nitrogens with zero attached hydrogens (tertiary/aromatic N) is 4. The van der Waals surface area contributed by atoms with Gasteiger partial charge in [-0.3, -0.25) is 4.79 Å². The zero-order chi connectivity index (χ0) is 23.3. The summed E-state index contributed by atoms with van der Waals surface area (Å²) >= 11 is 1.50. The molecule has 0 aliphatic heterocycles. The van der Waals surface area contributed by atoms with Crippen molar-refractivity contribution in [3.63, 3.8) is 0 Å². The molecule has 1 saturated carbocycles. The van der Waals surface area contributed by atoms with Crippen molar-refractivity contribution in [1.29, 1.82) is 0 Å². The smallest absolute Gasteiger partial charge is 0.237 e. The molecular weight excluding hydrogens is 440 g/mol. The predicted molar refractivity (Wildman–Crippen MR) is 139 cm³/mol. The SMILES string of the molecule is CN(C(=O)CSc1nnc(Cc2cccc3ccccc23)n1C1CCCCC1)c1ccccc1. The maximum absolute atomic E-state index is 12.9. The molecule has 1 amide bonds. The van der Waals surface area contributed by atoms with Gasteiger partial charge >= 0.3 is 0 Å². The van der Waals surface area contributed by atoms with Gasteiger partial charge in [-0.15, -0.1) is 10.2 Å². The lowest BCUT2D eigenvalue weighted by molar-refractivity contribution is -0.115. The number of thioether (sulfide) groups is 1. The van der Waals surface area contributed by atoms with Crippen LogP contribution in [0.15, 0.2) is 78.0 Å². The number of rotatable bonds is 7. The second-order valence-corrected chi connectivity index (χ2v) is 9.90. The van der Waals surface area contributed by atoms with E-state index in [1.807, 2.05) is 37.4 Å². The Bertz CT molecular complexity index is 1260. The van der Waals surface area contributed by atoms with Crippen LogP contribution in [-0.2, 0) is 11.2 Å². The van der Waals surface area contributed by atoms with Crippen LogP contribution in [0.3, 0.4) is 0 Å². The first-order valence-corrected chi connectivity index (χ1v) is 13.0. The van der Waals surface area contributed by atoms with Gasteiger partial charge in [-0.1, -0.05) is 91.7 Å². The number of hydrogen-bond donors (Lipinski definition) is 0. The van der Waals surface area contributed by atoms with Crippen LogP contribution >= 0.6 is 11.8 Å². The first-order valence-electron chi connectivity index (χ1n) is 12.1. The van der Waals surface area contributed by atoms with Crippen molar-refractivity contribution in [3.05, 3.63) is 84.2 Å². The monoisotopic (exact) mass is 470 g/mol. The van der Waals surface area contributed by atoms with Crippen LogP contribution in [0.2, 0.25) is 0 Å². The van der Waals surface area contributed by atoms with Crippen molar-refractivity contribution < 1.29 is 4.79 Å². The van der Waals surface area contributed by atoms with Crippen molar-refractivity contribution in [2.24, 2.45) is 0 Å². The summed E-state index contributed by atoms with van der Waals surface area (Å²) in [5.41, 5.74) is 2.16. The van der Waals surface area contributed by atoms with Crippen LogP contribution in [0, 0.1) is 0 Å². The van der Waals surface area contributed by atoms with E-state index in [0.29, 0.717) is 11.8 Å². The van der Waals surface area contributed by atoms with Crippen molar-refractivity contribution in [2.45, 2.75) is 49.7 Å². The minimum atomic E-state index is 0.0602. The number of fused-ring (bicyclic) bond motifs is 1. The molecule has 1 aliphatic carbocycles. The highest BCUT2D eigenvalue weighted by Gasteiger charge is 2.24. The summed E-state index contributed by atoms with van der Waals surface area (Å²) in [7, 11) is 1.83.